The van der Waals surface area contributed by atoms with Crippen molar-refractivity contribution >= 4 is 17.7 Å². The normalized spacial score (nSPS) is 12.5. The molecule has 1 aromatic rings. The van der Waals surface area contributed by atoms with Gasteiger partial charge in [-0.1, -0.05) is 0 Å². The van der Waals surface area contributed by atoms with Crippen molar-refractivity contribution in [2.45, 2.75) is 46.2 Å². The summed E-state index contributed by atoms with van der Waals surface area (Å²) in [6.07, 6.45) is 0. The fourth-order valence-electron chi connectivity index (χ4n) is 1.59. The third-order valence-electron chi connectivity index (χ3n) is 2.48. The summed E-state index contributed by atoms with van der Waals surface area (Å²) in [4.78, 5) is 31.5. The van der Waals surface area contributed by atoms with Crippen LogP contribution in [0.1, 0.15) is 44.0 Å². The van der Waals surface area contributed by atoms with Gasteiger partial charge in [0.2, 0.25) is 11.7 Å². The zero-order chi connectivity index (χ0) is 16.2. The Balaban J connectivity index is 2.85. The van der Waals surface area contributed by atoms with Crippen LogP contribution in [0.15, 0.2) is 6.07 Å². The maximum Gasteiger partial charge on any atom is 0.376 e. The summed E-state index contributed by atoms with van der Waals surface area (Å²) in [5, 5.41) is 5.82. The molecule has 21 heavy (non-hydrogen) atoms. The van der Waals surface area contributed by atoms with Gasteiger partial charge in [-0.25, -0.2) is 14.8 Å². The largest absolute Gasteiger partial charge is 0.463 e. The first-order valence-corrected chi connectivity index (χ1v) is 6.65. The van der Waals surface area contributed by atoms with E-state index in [0.717, 1.165) is 0 Å². The summed E-state index contributed by atoms with van der Waals surface area (Å²) in [6, 6.07) is 1.16. The van der Waals surface area contributed by atoms with Crippen molar-refractivity contribution in [1.29, 1.82) is 0 Å². The molecule has 2 N–H and O–H groups in total. The number of aromatic nitrogens is 2. The molecule has 0 saturated heterocycles. The number of amides is 1. The SMILES string of the molecule is COC(=O)c1nc(C)cc(NC(C)C(=O)NC(C)(C)C)n1. The number of hydrogen-bond donors (Lipinski definition) is 2. The molecule has 1 rings (SSSR count). The molecule has 0 aliphatic carbocycles. The molecule has 0 spiro atoms. The lowest BCUT2D eigenvalue weighted by atomic mass is 10.1. The first-order chi connectivity index (χ1) is 9.62. The third kappa shape index (κ3) is 5.37. The van der Waals surface area contributed by atoms with Crippen LogP contribution in [0.3, 0.4) is 0 Å². The molecule has 0 aromatic carbocycles. The molecule has 0 radical (unpaired) electrons. The van der Waals surface area contributed by atoms with Gasteiger partial charge in [-0.2, -0.15) is 0 Å². The molecule has 116 valence electrons. The van der Waals surface area contributed by atoms with Gasteiger partial charge < -0.3 is 15.4 Å². The van der Waals surface area contributed by atoms with Crippen LogP contribution in [-0.4, -0.2) is 40.5 Å². The van der Waals surface area contributed by atoms with Crippen LogP contribution in [0.5, 0.6) is 0 Å². The van der Waals surface area contributed by atoms with E-state index in [-0.39, 0.29) is 17.3 Å². The second kappa shape index (κ2) is 6.51. The summed E-state index contributed by atoms with van der Waals surface area (Å²) in [5.41, 5.74) is 0.294. The second-order valence-electron chi connectivity index (χ2n) is 5.82. The zero-order valence-electron chi connectivity index (χ0n) is 13.3. The van der Waals surface area contributed by atoms with Gasteiger partial charge in [0, 0.05) is 17.3 Å². The van der Waals surface area contributed by atoms with Gasteiger partial charge in [0.25, 0.3) is 0 Å². The molecule has 1 atom stereocenters. The standard InChI is InChI=1S/C14H22N4O3/c1-8-7-10(17-11(15-8)13(20)21-6)16-9(2)12(19)18-14(3,4)5/h7,9H,1-6H3,(H,18,19)(H,15,16,17). The van der Waals surface area contributed by atoms with Gasteiger partial charge in [-0.15, -0.1) is 0 Å². The number of ether oxygens (including phenoxy) is 1. The number of rotatable bonds is 4. The average Bonchev–Trinajstić information content (AvgIpc) is 2.34. The molecule has 1 aromatic heterocycles. The van der Waals surface area contributed by atoms with Gasteiger partial charge in [0.05, 0.1) is 7.11 Å². The van der Waals surface area contributed by atoms with E-state index in [1.54, 1.807) is 19.9 Å². The predicted octanol–water partition coefficient (Wildman–Crippen LogP) is 1.29. The number of carbonyl (C=O) groups is 2. The molecule has 0 aliphatic rings. The topological polar surface area (TPSA) is 93.2 Å². The Bertz CT molecular complexity index is 538. The number of anilines is 1. The number of carbonyl (C=O) groups excluding carboxylic acids is 2. The van der Waals surface area contributed by atoms with Crippen LogP contribution < -0.4 is 10.6 Å². The summed E-state index contributed by atoms with van der Waals surface area (Å²) >= 11 is 0. The molecule has 0 bridgehead atoms. The van der Waals surface area contributed by atoms with E-state index in [1.165, 1.54) is 7.11 Å². The van der Waals surface area contributed by atoms with Gasteiger partial charge in [-0.3, -0.25) is 4.79 Å². The molecule has 1 unspecified atom stereocenters. The lowest BCUT2D eigenvalue weighted by Crippen LogP contribution is -2.47. The van der Waals surface area contributed by atoms with E-state index in [9.17, 15) is 9.59 Å². The first-order valence-electron chi connectivity index (χ1n) is 6.65. The molecule has 0 aliphatic heterocycles. The van der Waals surface area contributed by atoms with Crippen molar-refractivity contribution in [3.05, 3.63) is 17.6 Å². The van der Waals surface area contributed by atoms with Crippen LogP contribution in [0.25, 0.3) is 0 Å². The number of nitrogens with one attached hydrogen (secondary N) is 2. The molecule has 7 nitrogen and oxygen atoms in total. The second-order valence-corrected chi connectivity index (χ2v) is 5.82. The summed E-state index contributed by atoms with van der Waals surface area (Å²) in [6.45, 7) is 9.17. The van der Waals surface area contributed by atoms with Crippen LogP contribution in [-0.2, 0) is 9.53 Å². The van der Waals surface area contributed by atoms with E-state index in [4.69, 9.17) is 0 Å². The number of methoxy groups -OCH3 is 1. The Morgan fingerprint density at radius 2 is 1.90 bits per heavy atom. The molecule has 0 fully saturated rings. The average molecular weight is 294 g/mol. The molecule has 7 heteroatoms. The summed E-state index contributed by atoms with van der Waals surface area (Å²) < 4.78 is 4.59. The van der Waals surface area contributed by atoms with Gasteiger partial charge in [0.15, 0.2) is 0 Å². The minimum atomic E-state index is -0.617. The maximum absolute atomic E-state index is 12.0. The number of aryl methyl sites for hydroxylation is 1. The van der Waals surface area contributed by atoms with Crippen molar-refractivity contribution in [3.63, 3.8) is 0 Å². The highest BCUT2D eigenvalue weighted by Crippen LogP contribution is 2.09. The zero-order valence-corrected chi connectivity index (χ0v) is 13.3. The van der Waals surface area contributed by atoms with Crippen molar-refractivity contribution in [3.8, 4) is 0 Å². The molecular weight excluding hydrogens is 272 g/mol. The minimum Gasteiger partial charge on any atom is -0.463 e. The Kier molecular flexibility index (Phi) is 5.23. The van der Waals surface area contributed by atoms with Gasteiger partial charge >= 0.3 is 5.97 Å². The van der Waals surface area contributed by atoms with Crippen LogP contribution in [0.2, 0.25) is 0 Å². The fourth-order valence-corrected chi connectivity index (χ4v) is 1.59. The molecule has 1 heterocycles. The highest BCUT2D eigenvalue weighted by atomic mass is 16.5. The lowest BCUT2D eigenvalue weighted by Gasteiger charge is -2.24. The minimum absolute atomic E-state index is 0.0385. The highest BCUT2D eigenvalue weighted by molar-refractivity contribution is 5.86. The quantitative estimate of drug-likeness (QED) is 0.813. The van der Waals surface area contributed by atoms with E-state index < -0.39 is 12.0 Å². The summed E-state index contributed by atoms with van der Waals surface area (Å²) in [5.74, 6) is -0.408. The molecular formula is C14H22N4O3. The van der Waals surface area contributed by atoms with E-state index in [1.807, 2.05) is 20.8 Å². The van der Waals surface area contributed by atoms with Crippen molar-refractivity contribution in [2.24, 2.45) is 0 Å². The van der Waals surface area contributed by atoms with Crippen molar-refractivity contribution < 1.29 is 14.3 Å². The van der Waals surface area contributed by atoms with Crippen LogP contribution in [0, 0.1) is 6.92 Å². The Morgan fingerprint density at radius 1 is 1.29 bits per heavy atom. The molecule has 1 amide bonds. The van der Waals surface area contributed by atoms with Crippen LogP contribution in [0.4, 0.5) is 5.82 Å². The van der Waals surface area contributed by atoms with Crippen molar-refractivity contribution in [2.75, 3.05) is 12.4 Å². The lowest BCUT2D eigenvalue weighted by molar-refractivity contribution is -0.122. The van der Waals surface area contributed by atoms with Crippen molar-refractivity contribution in [1.82, 2.24) is 15.3 Å². The Morgan fingerprint density at radius 3 is 2.43 bits per heavy atom. The summed E-state index contributed by atoms with van der Waals surface area (Å²) in [7, 11) is 1.26. The smallest absolute Gasteiger partial charge is 0.376 e. The van der Waals surface area contributed by atoms with Gasteiger partial charge in [-0.05, 0) is 34.6 Å². The monoisotopic (exact) mass is 294 g/mol. The van der Waals surface area contributed by atoms with E-state index in [2.05, 4.69) is 25.3 Å². The number of hydrogen-bond acceptors (Lipinski definition) is 6. The Labute approximate surface area is 124 Å². The predicted molar refractivity (Wildman–Crippen MR) is 79.1 cm³/mol. The van der Waals surface area contributed by atoms with Gasteiger partial charge in [0.1, 0.15) is 11.9 Å². The van der Waals surface area contributed by atoms with Crippen LogP contribution >= 0.6 is 0 Å². The first kappa shape index (κ1) is 16.9. The maximum atomic E-state index is 12.0. The highest BCUT2D eigenvalue weighted by Gasteiger charge is 2.20. The third-order valence-corrected chi connectivity index (χ3v) is 2.48. The Hall–Kier alpha value is -2.18. The molecule has 0 saturated carbocycles. The van der Waals surface area contributed by atoms with E-state index in [0.29, 0.717) is 11.5 Å². The van der Waals surface area contributed by atoms with E-state index >= 15 is 0 Å². The number of nitrogens with zero attached hydrogens (tertiary/aromatic N) is 2. The number of esters is 1. The fraction of sp³-hybridized carbons (Fsp3) is 0.571.